The van der Waals surface area contributed by atoms with Crippen molar-refractivity contribution in [1.82, 2.24) is 0 Å². The highest BCUT2D eigenvalue weighted by Crippen LogP contribution is 2.30. The molecule has 0 aromatic heterocycles. The van der Waals surface area contributed by atoms with E-state index < -0.39 is 0 Å². The zero-order valence-electron chi connectivity index (χ0n) is 8.39. The van der Waals surface area contributed by atoms with Crippen molar-refractivity contribution in [2.24, 2.45) is 9.98 Å². The second-order valence-electron chi connectivity index (χ2n) is 2.46. The third-order valence-corrected chi connectivity index (χ3v) is 1.65. The summed E-state index contributed by atoms with van der Waals surface area (Å²) in [6.45, 7) is 0. The monoisotopic (exact) mass is 203 g/mol. The van der Waals surface area contributed by atoms with E-state index in [1.165, 1.54) is 7.11 Å². The molecule has 0 radical (unpaired) electrons. The van der Waals surface area contributed by atoms with Gasteiger partial charge in [-0.3, -0.25) is 0 Å². The van der Waals surface area contributed by atoms with Gasteiger partial charge in [-0.2, -0.15) is 10.3 Å². The quantitative estimate of drug-likeness (QED) is 0.557. The fourth-order valence-corrected chi connectivity index (χ4v) is 1.000. The van der Waals surface area contributed by atoms with Gasteiger partial charge in [0, 0.05) is 6.07 Å². The standard InChI is InChI=1S/C10H9N3O2/c1-14-9-4-3-8(5-10(9)15-2)13-7-12-6-11/h3-5H,1-2H3. The lowest BCUT2D eigenvalue weighted by Crippen LogP contribution is -1.89. The number of hydrogen-bond acceptors (Lipinski definition) is 5. The van der Waals surface area contributed by atoms with E-state index in [0.29, 0.717) is 17.2 Å². The fraction of sp³-hybridized carbons (Fsp3) is 0.200. The van der Waals surface area contributed by atoms with Crippen LogP contribution in [0.15, 0.2) is 28.2 Å². The first-order valence-electron chi connectivity index (χ1n) is 4.08. The largest absolute Gasteiger partial charge is 0.493 e. The molecule has 1 rings (SSSR count). The van der Waals surface area contributed by atoms with Crippen LogP contribution in [0.3, 0.4) is 0 Å². The van der Waals surface area contributed by atoms with Gasteiger partial charge >= 0.3 is 0 Å². The van der Waals surface area contributed by atoms with Crippen molar-refractivity contribution < 1.29 is 9.47 Å². The number of ether oxygens (including phenoxy) is 2. The summed E-state index contributed by atoms with van der Waals surface area (Å²) in [6.07, 6.45) is 1.55. The lowest BCUT2D eigenvalue weighted by molar-refractivity contribution is 0.355. The molecule has 0 unspecified atom stereocenters. The Hall–Kier alpha value is -2.31. The van der Waals surface area contributed by atoms with Crippen molar-refractivity contribution in [2.75, 3.05) is 14.2 Å². The number of methoxy groups -OCH3 is 2. The second kappa shape index (κ2) is 5.43. The molecule has 0 fully saturated rings. The Morgan fingerprint density at radius 3 is 2.53 bits per heavy atom. The Labute approximate surface area is 87.3 Å². The van der Waals surface area contributed by atoms with Gasteiger partial charge in [0.25, 0.3) is 0 Å². The predicted molar refractivity (Wildman–Crippen MR) is 54.7 cm³/mol. The van der Waals surface area contributed by atoms with E-state index in [4.69, 9.17) is 14.7 Å². The third kappa shape index (κ3) is 2.83. The van der Waals surface area contributed by atoms with Crippen molar-refractivity contribution in [3.63, 3.8) is 0 Å². The highest BCUT2D eigenvalue weighted by Gasteiger charge is 2.02. The van der Waals surface area contributed by atoms with Crippen LogP contribution in [0, 0.1) is 11.5 Å². The number of nitriles is 1. The van der Waals surface area contributed by atoms with Crippen LogP contribution in [0.4, 0.5) is 5.69 Å². The van der Waals surface area contributed by atoms with E-state index in [0.717, 1.165) is 0 Å². The lowest BCUT2D eigenvalue weighted by atomic mass is 10.3. The highest BCUT2D eigenvalue weighted by molar-refractivity contribution is 5.58. The zero-order chi connectivity index (χ0) is 11.1. The van der Waals surface area contributed by atoms with E-state index in [9.17, 15) is 0 Å². The molecule has 0 bridgehead atoms. The maximum atomic E-state index is 8.14. The van der Waals surface area contributed by atoms with Gasteiger partial charge in [-0.25, -0.2) is 0 Å². The molecular formula is C10H9N3O2. The molecule has 0 heterocycles. The number of aliphatic imine (C=N–C) groups is 2. The molecule has 15 heavy (non-hydrogen) atoms. The van der Waals surface area contributed by atoms with Crippen LogP contribution < -0.4 is 9.47 Å². The van der Waals surface area contributed by atoms with Crippen molar-refractivity contribution in [1.29, 1.82) is 5.26 Å². The molecular weight excluding hydrogens is 194 g/mol. The minimum absolute atomic E-state index is 0.567. The molecule has 5 heteroatoms. The maximum absolute atomic E-state index is 8.14. The smallest absolute Gasteiger partial charge is 0.216 e. The van der Waals surface area contributed by atoms with E-state index in [2.05, 4.69) is 16.0 Å². The molecule has 0 spiro atoms. The SMILES string of the molecule is COc1ccc(N=C=NC#N)cc1OC. The van der Waals surface area contributed by atoms with Gasteiger partial charge in [0.05, 0.1) is 19.9 Å². The Bertz CT molecular complexity index is 442. The normalized spacial score (nSPS) is 8.33. The Balaban J connectivity index is 3.04. The summed E-state index contributed by atoms with van der Waals surface area (Å²) in [4.78, 5) is 6.99. The van der Waals surface area contributed by atoms with Gasteiger partial charge in [0.2, 0.25) is 6.19 Å². The molecule has 0 aliphatic heterocycles. The molecule has 1 aromatic carbocycles. The third-order valence-electron chi connectivity index (χ3n) is 1.65. The van der Waals surface area contributed by atoms with Crippen LogP contribution in [-0.2, 0) is 0 Å². The van der Waals surface area contributed by atoms with Crippen LogP contribution in [0.1, 0.15) is 0 Å². The molecule has 0 amide bonds. The van der Waals surface area contributed by atoms with E-state index in [1.807, 2.05) is 0 Å². The second-order valence-corrected chi connectivity index (χ2v) is 2.46. The van der Waals surface area contributed by atoms with E-state index in [-0.39, 0.29) is 0 Å². The lowest BCUT2D eigenvalue weighted by Gasteiger charge is -2.06. The Morgan fingerprint density at radius 2 is 1.93 bits per heavy atom. The molecule has 0 saturated carbocycles. The van der Waals surface area contributed by atoms with Gasteiger partial charge in [0.15, 0.2) is 11.5 Å². The molecule has 0 atom stereocenters. The first-order chi connectivity index (χ1) is 7.31. The van der Waals surface area contributed by atoms with E-state index >= 15 is 0 Å². The van der Waals surface area contributed by atoms with Crippen LogP contribution in [0.2, 0.25) is 0 Å². The highest BCUT2D eigenvalue weighted by atomic mass is 16.5. The minimum atomic E-state index is 0.567. The Morgan fingerprint density at radius 1 is 1.20 bits per heavy atom. The van der Waals surface area contributed by atoms with Crippen LogP contribution >= 0.6 is 0 Å². The molecule has 1 aromatic rings. The fourth-order valence-electron chi connectivity index (χ4n) is 1.000. The van der Waals surface area contributed by atoms with E-state index in [1.54, 1.807) is 31.5 Å². The number of hydrogen-bond donors (Lipinski definition) is 0. The minimum Gasteiger partial charge on any atom is -0.493 e. The van der Waals surface area contributed by atoms with Gasteiger partial charge in [0.1, 0.15) is 6.01 Å². The summed E-state index contributed by atoms with van der Waals surface area (Å²) in [5.74, 6) is 1.19. The number of benzene rings is 1. The summed E-state index contributed by atoms with van der Waals surface area (Å²) in [6, 6.07) is 7.32. The van der Waals surface area contributed by atoms with Gasteiger partial charge < -0.3 is 9.47 Å². The molecule has 76 valence electrons. The first kappa shape index (κ1) is 10.8. The first-order valence-corrected chi connectivity index (χ1v) is 4.08. The molecule has 0 N–H and O–H groups in total. The average Bonchev–Trinajstić information content (AvgIpc) is 2.29. The summed E-state index contributed by atoms with van der Waals surface area (Å²) < 4.78 is 10.1. The van der Waals surface area contributed by atoms with Gasteiger partial charge in [-0.1, -0.05) is 0 Å². The van der Waals surface area contributed by atoms with Crippen molar-refractivity contribution in [2.45, 2.75) is 0 Å². The average molecular weight is 203 g/mol. The number of nitrogens with zero attached hydrogens (tertiary/aromatic N) is 3. The van der Waals surface area contributed by atoms with Crippen LogP contribution in [-0.4, -0.2) is 20.2 Å². The van der Waals surface area contributed by atoms with Gasteiger partial charge in [-0.15, -0.1) is 4.99 Å². The predicted octanol–water partition coefficient (Wildman–Crippen LogP) is 1.99. The molecule has 0 aliphatic carbocycles. The van der Waals surface area contributed by atoms with Crippen molar-refractivity contribution >= 4 is 11.7 Å². The Kier molecular flexibility index (Phi) is 3.90. The molecule has 0 saturated heterocycles. The van der Waals surface area contributed by atoms with Crippen LogP contribution in [0.25, 0.3) is 0 Å². The number of rotatable bonds is 3. The van der Waals surface area contributed by atoms with Crippen LogP contribution in [0.5, 0.6) is 11.5 Å². The molecule has 5 nitrogen and oxygen atoms in total. The topological polar surface area (TPSA) is 67.0 Å². The maximum Gasteiger partial charge on any atom is 0.216 e. The van der Waals surface area contributed by atoms with Crippen molar-refractivity contribution in [3.05, 3.63) is 18.2 Å². The summed E-state index contributed by atoms with van der Waals surface area (Å²) in [7, 11) is 3.09. The van der Waals surface area contributed by atoms with Crippen molar-refractivity contribution in [3.8, 4) is 17.7 Å². The molecule has 0 aliphatic rings. The summed E-state index contributed by atoms with van der Waals surface area (Å²) >= 11 is 0. The summed E-state index contributed by atoms with van der Waals surface area (Å²) in [5, 5.41) is 8.14. The summed E-state index contributed by atoms with van der Waals surface area (Å²) in [5.41, 5.74) is 0.589. The zero-order valence-corrected chi connectivity index (χ0v) is 8.39. The van der Waals surface area contributed by atoms with Gasteiger partial charge in [-0.05, 0) is 12.1 Å².